The van der Waals surface area contributed by atoms with E-state index in [0.29, 0.717) is 11.8 Å². The Balaban J connectivity index is 1.64. The lowest BCUT2D eigenvalue weighted by molar-refractivity contribution is -0.134. The van der Waals surface area contributed by atoms with Crippen LogP contribution in [-0.4, -0.2) is 29.9 Å². The highest BCUT2D eigenvalue weighted by Gasteiger charge is 2.34. The molecule has 1 amide bonds. The molecular formula is C16H22N2O. The van der Waals surface area contributed by atoms with E-state index in [-0.39, 0.29) is 12.0 Å². The molecule has 1 fully saturated rings. The molecule has 2 N–H and O–H groups in total. The Morgan fingerprint density at radius 2 is 1.95 bits per heavy atom. The molecule has 0 radical (unpaired) electrons. The van der Waals surface area contributed by atoms with Crippen molar-refractivity contribution in [1.82, 2.24) is 4.90 Å². The number of hydrogen-bond donors (Lipinski definition) is 1. The minimum absolute atomic E-state index is 0.157. The maximum Gasteiger partial charge on any atom is 0.226 e. The number of fused-ring (bicyclic) bond motifs is 1. The Labute approximate surface area is 114 Å². The molecule has 1 aromatic rings. The van der Waals surface area contributed by atoms with E-state index in [0.717, 1.165) is 32.4 Å². The second-order valence-corrected chi connectivity index (χ2v) is 6.07. The van der Waals surface area contributed by atoms with Crippen molar-refractivity contribution in [1.29, 1.82) is 0 Å². The van der Waals surface area contributed by atoms with Gasteiger partial charge in [0.2, 0.25) is 5.91 Å². The molecule has 0 bridgehead atoms. The van der Waals surface area contributed by atoms with Gasteiger partial charge in [0, 0.05) is 25.0 Å². The molecule has 3 nitrogen and oxygen atoms in total. The summed E-state index contributed by atoms with van der Waals surface area (Å²) in [5.74, 6) is 0.969. The molecule has 19 heavy (non-hydrogen) atoms. The van der Waals surface area contributed by atoms with Crippen LogP contribution in [0.5, 0.6) is 0 Å². The zero-order valence-electron chi connectivity index (χ0n) is 11.5. The van der Waals surface area contributed by atoms with Gasteiger partial charge in [-0.3, -0.25) is 4.79 Å². The highest BCUT2D eigenvalue weighted by Crippen LogP contribution is 2.29. The van der Waals surface area contributed by atoms with Crippen molar-refractivity contribution in [3.63, 3.8) is 0 Å². The molecule has 3 heteroatoms. The first-order valence-electron chi connectivity index (χ1n) is 7.26. The van der Waals surface area contributed by atoms with Crippen LogP contribution in [0.1, 0.15) is 24.5 Å². The number of rotatable bonds is 2. The van der Waals surface area contributed by atoms with Crippen LogP contribution in [0.3, 0.4) is 0 Å². The molecule has 0 aromatic heterocycles. The van der Waals surface area contributed by atoms with Gasteiger partial charge in [-0.05, 0) is 43.2 Å². The fourth-order valence-corrected chi connectivity index (χ4v) is 3.41. The Morgan fingerprint density at radius 3 is 2.47 bits per heavy atom. The van der Waals surface area contributed by atoms with E-state index in [1.807, 2.05) is 11.8 Å². The summed E-state index contributed by atoms with van der Waals surface area (Å²) in [6, 6.07) is 8.62. The summed E-state index contributed by atoms with van der Waals surface area (Å²) in [4.78, 5) is 14.6. The van der Waals surface area contributed by atoms with Gasteiger partial charge >= 0.3 is 0 Å². The first-order chi connectivity index (χ1) is 9.15. The first-order valence-corrected chi connectivity index (χ1v) is 7.26. The van der Waals surface area contributed by atoms with E-state index >= 15 is 0 Å². The summed E-state index contributed by atoms with van der Waals surface area (Å²) in [6.45, 7) is 3.78. The molecule has 2 unspecified atom stereocenters. The predicted molar refractivity (Wildman–Crippen MR) is 75.7 cm³/mol. The highest BCUT2D eigenvalue weighted by molar-refractivity contribution is 5.80. The van der Waals surface area contributed by atoms with Crippen molar-refractivity contribution in [2.75, 3.05) is 13.1 Å². The molecule has 1 heterocycles. The van der Waals surface area contributed by atoms with E-state index < -0.39 is 0 Å². The molecule has 3 rings (SSSR count). The van der Waals surface area contributed by atoms with Gasteiger partial charge < -0.3 is 10.6 Å². The zero-order chi connectivity index (χ0) is 13.4. The number of benzene rings is 1. The molecule has 0 saturated carbocycles. The lowest BCUT2D eigenvalue weighted by Crippen LogP contribution is -2.36. The van der Waals surface area contributed by atoms with E-state index in [1.165, 1.54) is 11.1 Å². The number of amides is 1. The predicted octanol–water partition coefficient (Wildman–Crippen LogP) is 1.60. The third-order valence-corrected chi connectivity index (χ3v) is 4.68. The van der Waals surface area contributed by atoms with E-state index in [9.17, 15) is 4.79 Å². The summed E-state index contributed by atoms with van der Waals surface area (Å²) >= 11 is 0. The molecule has 0 spiro atoms. The molecule has 2 aliphatic rings. The number of carbonyl (C=O) groups excluding carboxylic acids is 1. The van der Waals surface area contributed by atoms with E-state index in [4.69, 9.17) is 5.73 Å². The number of likely N-dealkylation sites (tertiary alicyclic amines) is 1. The maximum absolute atomic E-state index is 12.6. The summed E-state index contributed by atoms with van der Waals surface area (Å²) in [7, 11) is 0. The second-order valence-electron chi connectivity index (χ2n) is 6.07. The number of hydrogen-bond acceptors (Lipinski definition) is 2. The SMILES string of the molecule is CC(N)C1CCN(C(=O)C2Cc3ccccc3C2)C1. The van der Waals surface area contributed by atoms with Crippen LogP contribution in [0.4, 0.5) is 0 Å². The first kappa shape index (κ1) is 12.7. The normalized spacial score (nSPS) is 24.5. The highest BCUT2D eigenvalue weighted by atomic mass is 16.2. The van der Waals surface area contributed by atoms with Crippen molar-refractivity contribution in [2.24, 2.45) is 17.6 Å². The third-order valence-electron chi connectivity index (χ3n) is 4.68. The summed E-state index contributed by atoms with van der Waals surface area (Å²) < 4.78 is 0. The largest absolute Gasteiger partial charge is 0.342 e. The lowest BCUT2D eigenvalue weighted by Gasteiger charge is -2.21. The standard InChI is InChI=1S/C16H22N2O/c1-11(17)14-6-7-18(10-14)16(19)15-8-12-4-2-3-5-13(12)9-15/h2-5,11,14-15H,6-10,17H2,1H3. The minimum Gasteiger partial charge on any atom is -0.342 e. The minimum atomic E-state index is 0.157. The van der Waals surface area contributed by atoms with E-state index in [2.05, 4.69) is 24.3 Å². The molecule has 1 saturated heterocycles. The van der Waals surface area contributed by atoms with Crippen LogP contribution in [0.15, 0.2) is 24.3 Å². The van der Waals surface area contributed by atoms with Crippen LogP contribution in [0.2, 0.25) is 0 Å². The fraction of sp³-hybridized carbons (Fsp3) is 0.562. The average molecular weight is 258 g/mol. The van der Waals surface area contributed by atoms with Crippen molar-refractivity contribution in [3.05, 3.63) is 35.4 Å². The van der Waals surface area contributed by atoms with Gasteiger partial charge in [0.1, 0.15) is 0 Å². The lowest BCUT2D eigenvalue weighted by atomic mass is 10.0. The smallest absolute Gasteiger partial charge is 0.226 e. The van der Waals surface area contributed by atoms with E-state index in [1.54, 1.807) is 0 Å². The second kappa shape index (κ2) is 4.97. The topological polar surface area (TPSA) is 46.3 Å². The van der Waals surface area contributed by atoms with Gasteiger partial charge in [0.25, 0.3) is 0 Å². The van der Waals surface area contributed by atoms with Gasteiger partial charge in [-0.2, -0.15) is 0 Å². The molecule has 1 aromatic carbocycles. The Morgan fingerprint density at radius 1 is 1.32 bits per heavy atom. The van der Waals surface area contributed by atoms with Crippen molar-refractivity contribution in [2.45, 2.75) is 32.2 Å². The van der Waals surface area contributed by atoms with Crippen molar-refractivity contribution >= 4 is 5.91 Å². The fourth-order valence-electron chi connectivity index (χ4n) is 3.41. The summed E-state index contributed by atoms with van der Waals surface area (Å²) in [5.41, 5.74) is 8.65. The Kier molecular flexibility index (Phi) is 3.31. The summed E-state index contributed by atoms with van der Waals surface area (Å²) in [6.07, 6.45) is 2.88. The van der Waals surface area contributed by atoms with Gasteiger partial charge in [0.05, 0.1) is 0 Å². The molecular weight excluding hydrogens is 236 g/mol. The Bertz CT molecular complexity index is 458. The van der Waals surface area contributed by atoms with Crippen LogP contribution >= 0.6 is 0 Å². The molecule has 1 aliphatic carbocycles. The quantitative estimate of drug-likeness (QED) is 0.876. The number of carbonyl (C=O) groups is 1. The molecule has 1 aliphatic heterocycles. The third kappa shape index (κ3) is 2.39. The molecule has 2 atom stereocenters. The van der Waals surface area contributed by atoms with Crippen molar-refractivity contribution in [3.8, 4) is 0 Å². The average Bonchev–Trinajstić information content (AvgIpc) is 3.04. The maximum atomic E-state index is 12.6. The van der Waals surface area contributed by atoms with Crippen LogP contribution in [-0.2, 0) is 17.6 Å². The zero-order valence-corrected chi connectivity index (χ0v) is 11.5. The number of nitrogens with zero attached hydrogens (tertiary/aromatic N) is 1. The summed E-state index contributed by atoms with van der Waals surface area (Å²) in [5, 5.41) is 0. The monoisotopic (exact) mass is 258 g/mol. The van der Waals surface area contributed by atoms with Crippen LogP contribution in [0.25, 0.3) is 0 Å². The molecule has 102 valence electrons. The van der Waals surface area contributed by atoms with Gasteiger partial charge in [0.15, 0.2) is 0 Å². The number of nitrogens with two attached hydrogens (primary N) is 1. The van der Waals surface area contributed by atoms with Crippen LogP contribution < -0.4 is 5.73 Å². The van der Waals surface area contributed by atoms with Gasteiger partial charge in [-0.15, -0.1) is 0 Å². The van der Waals surface area contributed by atoms with Crippen molar-refractivity contribution < 1.29 is 4.79 Å². The van der Waals surface area contributed by atoms with Gasteiger partial charge in [-0.25, -0.2) is 0 Å². The van der Waals surface area contributed by atoms with Crippen LogP contribution in [0, 0.1) is 11.8 Å². The Hall–Kier alpha value is -1.35. The van der Waals surface area contributed by atoms with Gasteiger partial charge in [-0.1, -0.05) is 24.3 Å².